The molecule has 2 aromatic carbocycles. The van der Waals surface area contributed by atoms with E-state index in [0.717, 1.165) is 30.8 Å². The molecular weight excluding hydrogens is 264 g/mol. The van der Waals surface area contributed by atoms with Crippen molar-refractivity contribution in [3.05, 3.63) is 53.1 Å². The second kappa shape index (κ2) is 5.30. The number of phenolic OH excluding ortho intramolecular Hbond substituents is 2. The molecule has 0 spiro atoms. The highest BCUT2D eigenvalue weighted by molar-refractivity contribution is 5.52. The first kappa shape index (κ1) is 13.8. The van der Waals surface area contributed by atoms with Gasteiger partial charge in [-0.2, -0.15) is 0 Å². The molecular formula is C17H20N2O2. The maximum absolute atomic E-state index is 10.0. The Balaban J connectivity index is 1.87. The van der Waals surface area contributed by atoms with Gasteiger partial charge in [0, 0.05) is 36.4 Å². The molecule has 1 aliphatic rings. The van der Waals surface area contributed by atoms with Gasteiger partial charge in [0.2, 0.25) is 0 Å². The smallest absolute Gasteiger partial charge is 0.124 e. The summed E-state index contributed by atoms with van der Waals surface area (Å²) in [6.07, 6.45) is 0.962. The fraction of sp³-hybridized carbons (Fsp3) is 0.294. The number of benzene rings is 2. The summed E-state index contributed by atoms with van der Waals surface area (Å²) >= 11 is 0. The van der Waals surface area contributed by atoms with E-state index in [1.165, 1.54) is 17.2 Å². The first-order valence-corrected chi connectivity index (χ1v) is 7.18. The summed E-state index contributed by atoms with van der Waals surface area (Å²) in [6, 6.07) is 10.9. The Hall–Kier alpha value is -2.20. The number of nitrogens with two attached hydrogens (primary N) is 1. The van der Waals surface area contributed by atoms with Crippen LogP contribution in [0.1, 0.15) is 29.7 Å². The number of hydrogen-bond acceptors (Lipinski definition) is 4. The molecule has 0 aromatic heterocycles. The minimum absolute atomic E-state index is 0.0679. The maximum atomic E-state index is 10.0. The van der Waals surface area contributed by atoms with Crippen LogP contribution < -0.4 is 5.73 Å². The number of anilines is 1. The first-order valence-electron chi connectivity index (χ1n) is 7.18. The average Bonchev–Trinajstić information content (AvgIpc) is 2.47. The lowest BCUT2D eigenvalue weighted by Gasteiger charge is -2.34. The predicted octanol–water partition coefficient (Wildman–Crippen LogP) is 2.80. The number of aromatic hydroxyl groups is 2. The lowest BCUT2D eigenvalue weighted by atomic mass is 9.95. The molecule has 4 heteroatoms. The molecule has 3 rings (SSSR count). The van der Waals surface area contributed by atoms with Crippen LogP contribution in [0.5, 0.6) is 11.5 Å². The van der Waals surface area contributed by atoms with Gasteiger partial charge in [-0.15, -0.1) is 0 Å². The average molecular weight is 284 g/mol. The van der Waals surface area contributed by atoms with Gasteiger partial charge in [0.15, 0.2) is 0 Å². The number of phenols is 2. The van der Waals surface area contributed by atoms with Crippen LogP contribution >= 0.6 is 0 Å². The van der Waals surface area contributed by atoms with Crippen LogP contribution in [0.2, 0.25) is 0 Å². The van der Waals surface area contributed by atoms with Crippen molar-refractivity contribution < 1.29 is 10.2 Å². The second-order valence-electron chi connectivity index (χ2n) is 5.62. The highest BCUT2D eigenvalue weighted by atomic mass is 16.3. The first-order chi connectivity index (χ1) is 10.1. The van der Waals surface area contributed by atoms with Crippen molar-refractivity contribution in [3.8, 4) is 11.5 Å². The Labute approximate surface area is 124 Å². The molecule has 0 aliphatic carbocycles. The van der Waals surface area contributed by atoms with E-state index in [-0.39, 0.29) is 17.5 Å². The fourth-order valence-electron chi connectivity index (χ4n) is 3.04. The van der Waals surface area contributed by atoms with E-state index in [1.54, 1.807) is 12.1 Å². The maximum Gasteiger partial charge on any atom is 0.124 e. The standard InChI is InChI=1S/C17H20N2O2/c1-11(14-6-5-13(20)9-17(14)21)19-8-7-12-3-2-4-16(18)15(12)10-19/h2-6,9,11,20-21H,7-8,10,18H2,1H3. The van der Waals surface area contributed by atoms with Gasteiger partial charge < -0.3 is 15.9 Å². The molecule has 21 heavy (non-hydrogen) atoms. The molecule has 2 aromatic rings. The lowest BCUT2D eigenvalue weighted by Crippen LogP contribution is -2.33. The fourth-order valence-corrected chi connectivity index (χ4v) is 3.04. The molecule has 1 unspecified atom stereocenters. The van der Waals surface area contributed by atoms with Crippen LogP contribution in [-0.4, -0.2) is 21.7 Å². The largest absolute Gasteiger partial charge is 0.508 e. The summed E-state index contributed by atoms with van der Waals surface area (Å²) in [7, 11) is 0. The molecule has 0 bridgehead atoms. The van der Waals surface area contributed by atoms with Crippen LogP contribution in [0, 0.1) is 0 Å². The van der Waals surface area contributed by atoms with Gasteiger partial charge in [0.05, 0.1) is 0 Å². The predicted molar refractivity (Wildman–Crippen MR) is 83.2 cm³/mol. The minimum Gasteiger partial charge on any atom is -0.508 e. The number of nitrogen functional groups attached to an aromatic ring is 1. The van der Waals surface area contributed by atoms with E-state index in [4.69, 9.17) is 5.73 Å². The van der Waals surface area contributed by atoms with Crippen LogP contribution in [-0.2, 0) is 13.0 Å². The summed E-state index contributed by atoms with van der Waals surface area (Å²) in [6.45, 7) is 3.78. The Morgan fingerprint density at radius 3 is 2.76 bits per heavy atom. The summed E-state index contributed by atoms with van der Waals surface area (Å²) in [4.78, 5) is 2.30. The second-order valence-corrected chi connectivity index (χ2v) is 5.62. The number of hydrogen-bond donors (Lipinski definition) is 3. The van der Waals surface area contributed by atoms with Gasteiger partial charge in [0.1, 0.15) is 11.5 Å². The van der Waals surface area contributed by atoms with Gasteiger partial charge in [-0.3, -0.25) is 4.90 Å². The van der Waals surface area contributed by atoms with Gasteiger partial charge in [-0.25, -0.2) is 0 Å². The van der Waals surface area contributed by atoms with Gasteiger partial charge in [-0.05, 0) is 36.6 Å². The Morgan fingerprint density at radius 2 is 2.00 bits per heavy atom. The van der Waals surface area contributed by atoms with Gasteiger partial charge in [0.25, 0.3) is 0 Å². The monoisotopic (exact) mass is 284 g/mol. The van der Waals surface area contributed by atoms with Gasteiger partial charge in [-0.1, -0.05) is 18.2 Å². The Kier molecular flexibility index (Phi) is 3.47. The minimum atomic E-state index is 0.0679. The molecule has 1 aliphatic heterocycles. The molecule has 0 saturated carbocycles. The van der Waals surface area contributed by atoms with E-state index in [2.05, 4.69) is 17.9 Å². The van der Waals surface area contributed by atoms with E-state index in [1.807, 2.05) is 12.1 Å². The zero-order valence-corrected chi connectivity index (χ0v) is 12.1. The van der Waals surface area contributed by atoms with Crippen LogP contribution in [0.3, 0.4) is 0 Å². The SMILES string of the molecule is CC(c1ccc(O)cc1O)N1CCc2cccc(N)c2C1. The number of rotatable bonds is 2. The van der Waals surface area contributed by atoms with Crippen molar-refractivity contribution in [1.82, 2.24) is 4.90 Å². The van der Waals surface area contributed by atoms with Crippen LogP contribution in [0.25, 0.3) is 0 Å². The molecule has 0 fully saturated rings. The molecule has 1 atom stereocenters. The molecule has 0 saturated heterocycles. The zero-order chi connectivity index (χ0) is 15.0. The van der Waals surface area contributed by atoms with E-state index >= 15 is 0 Å². The summed E-state index contributed by atoms with van der Waals surface area (Å²) in [5.74, 6) is 0.214. The van der Waals surface area contributed by atoms with E-state index in [0.29, 0.717) is 0 Å². The molecule has 110 valence electrons. The van der Waals surface area contributed by atoms with Crippen molar-refractivity contribution in [2.75, 3.05) is 12.3 Å². The molecule has 0 amide bonds. The van der Waals surface area contributed by atoms with E-state index < -0.39 is 0 Å². The van der Waals surface area contributed by atoms with Gasteiger partial charge >= 0.3 is 0 Å². The third-order valence-corrected chi connectivity index (χ3v) is 4.35. The number of nitrogens with zero attached hydrogens (tertiary/aromatic N) is 1. The van der Waals surface area contributed by atoms with Crippen LogP contribution in [0.4, 0.5) is 5.69 Å². The molecule has 1 heterocycles. The van der Waals surface area contributed by atoms with Crippen molar-refractivity contribution in [2.45, 2.75) is 25.9 Å². The zero-order valence-electron chi connectivity index (χ0n) is 12.1. The molecule has 4 nitrogen and oxygen atoms in total. The lowest BCUT2D eigenvalue weighted by molar-refractivity contribution is 0.189. The Morgan fingerprint density at radius 1 is 1.19 bits per heavy atom. The quantitative estimate of drug-likeness (QED) is 0.742. The van der Waals surface area contributed by atoms with Crippen LogP contribution in [0.15, 0.2) is 36.4 Å². The van der Waals surface area contributed by atoms with Crippen molar-refractivity contribution >= 4 is 5.69 Å². The summed E-state index contributed by atoms with van der Waals surface area (Å²) in [5, 5.41) is 19.4. The van der Waals surface area contributed by atoms with Crippen molar-refractivity contribution in [1.29, 1.82) is 0 Å². The highest BCUT2D eigenvalue weighted by Crippen LogP contribution is 2.34. The molecule has 4 N–H and O–H groups in total. The summed E-state index contributed by atoms with van der Waals surface area (Å²) in [5.41, 5.74) is 10.2. The number of fused-ring (bicyclic) bond motifs is 1. The Bertz CT molecular complexity index is 670. The van der Waals surface area contributed by atoms with E-state index in [9.17, 15) is 10.2 Å². The highest BCUT2D eigenvalue weighted by Gasteiger charge is 2.24. The topological polar surface area (TPSA) is 69.7 Å². The normalized spacial score (nSPS) is 16.4. The molecule has 0 radical (unpaired) electrons. The third kappa shape index (κ3) is 2.54. The van der Waals surface area contributed by atoms with Crippen molar-refractivity contribution in [2.24, 2.45) is 0 Å². The third-order valence-electron chi connectivity index (χ3n) is 4.35. The van der Waals surface area contributed by atoms with Crippen molar-refractivity contribution in [3.63, 3.8) is 0 Å². The summed E-state index contributed by atoms with van der Waals surface area (Å²) < 4.78 is 0.